The second kappa shape index (κ2) is 14.9. The first-order valence-corrected chi connectivity index (χ1v) is 11.4. The van der Waals surface area contributed by atoms with Crippen LogP contribution in [0.4, 0.5) is 0 Å². The molecule has 12 nitrogen and oxygen atoms in total. The number of hydrogen-bond acceptors (Lipinski definition) is 9. The van der Waals surface area contributed by atoms with Gasteiger partial charge in [0.15, 0.2) is 0 Å². The number of aliphatic hydroxyl groups excluding tert-OH is 1. The highest BCUT2D eigenvalue weighted by Crippen LogP contribution is 2.05. The summed E-state index contributed by atoms with van der Waals surface area (Å²) < 4.78 is 0. The normalized spacial score (nSPS) is 15.6. The highest BCUT2D eigenvalue weighted by atomic mass is 32.2. The highest BCUT2D eigenvalue weighted by molar-refractivity contribution is 7.98. The lowest BCUT2D eigenvalue weighted by atomic mass is 10.1. The first kappa shape index (κ1) is 29.0. The number of aliphatic hydroxyl groups is 1. The molecule has 0 aliphatic rings. The predicted octanol–water partition coefficient (Wildman–Crippen LogP) is -2.82. The van der Waals surface area contributed by atoms with Gasteiger partial charge >= 0.3 is 5.97 Å². The van der Waals surface area contributed by atoms with Crippen molar-refractivity contribution in [2.75, 3.05) is 17.8 Å². The summed E-state index contributed by atoms with van der Waals surface area (Å²) in [6, 6.07) is -4.92. The van der Waals surface area contributed by atoms with E-state index in [1.165, 1.54) is 18.7 Å². The van der Waals surface area contributed by atoms with Gasteiger partial charge in [-0.2, -0.15) is 24.4 Å². The van der Waals surface area contributed by atoms with E-state index in [1.807, 2.05) is 0 Å². The summed E-state index contributed by atoms with van der Waals surface area (Å²) >= 11 is 5.29. The number of thiol groups is 1. The van der Waals surface area contributed by atoms with Crippen LogP contribution in [-0.2, 0) is 24.0 Å². The molecule has 4 amide bonds. The Morgan fingerprint density at radius 1 is 0.968 bits per heavy atom. The molecule has 0 saturated carbocycles. The SMILES string of the molecule is CSCCC(NC(=O)C(CCC(N)=O)NC(=O)C(N)C(C)O)C(=O)NC(CS)C(=O)O. The Hall–Kier alpha value is -2.03. The quantitative estimate of drug-likeness (QED) is 0.113. The van der Waals surface area contributed by atoms with Crippen molar-refractivity contribution in [3.8, 4) is 0 Å². The minimum Gasteiger partial charge on any atom is -0.480 e. The van der Waals surface area contributed by atoms with Crippen molar-refractivity contribution in [1.29, 1.82) is 0 Å². The second-order valence-electron chi connectivity index (χ2n) is 6.76. The third-order valence-electron chi connectivity index (χ3n) is 4.18. The molecule has 5 atom stereocenters. The van der Waals surface area contributed by atoms with Crippen LogP contribution in [0.3, 0.4) is 0 Å². The van der Waals surface area contributed by atoms with Crippen LogP contribution >= 0.6 is 24.4 Å². The molecule has 0 aliphatic heterocycles. The zero-order valence-corrected chi connectivity index (χ0v) is 19.1. The van der Waals surface area contributed by atoms with Gasteiger partial charge in [0.25, 0.3) is 0 Å². The standard InChI is InChI=1S/C17H31N5O7S2/c1-8(23)13(19)16(27)21-9(3-4-12(18)24)14(25)20-10(5-6-31-2)15(26)22-11(7-30)17(28)29/h8-11,13,23,30H,3-7,19H2,1-2H3,(H2,18,24)(H,20,25)(H,21,27)(H,22,26)(H,28,29). The number of carboxylic acids is 1. The van der Waals surface area contributed by atoms with Crippen LogP contribution in [0.15, 0.2) is 0 Å². The van der Waals surface area contributed by atoms with Crippen molar-refractivity contribution < 1.29 is 34.2 Å². The summed E-state index contributed by atoms with van der Waals surface area (Å²) in [5, 5.41) is 25.6. The topological polar surface area (TPSA) is 214 Å². The number of rotatable bonds is 15. The maximum atomic E-state index is 12.8. The van der Waals surface area contributed by atoms with Gasteiger partial charge in [-0.1, -0.05) is 0 Å². The minimum absolute atomic E-state index is 0.154. The fraction of sp³-hybridized carbons (Fsp3) is 0.706. The van der Waals surface area contributed by atoms with E-state index in [0.717, 1.165) is 0 Å². The van der Waals surface area contributed by atoms with Crippen LogP contribution in [0.2, 0.25) is 0 Å². The third-order valence-corrected chi connectivity index (χ3v) is 5.18. The predicted molar refractivity (Wildman–Crippen MR) is 118 cm³/mol. The molecular formula is C17H31N5O7S2. The summed E-state index contributed by atoms with van der Waals surface area (Å²) in [5.74, 6) is -4.01. The fourth-order valence-corrected chi connectivity index (χ4v) is 3.00. The first-order valence-electron chi connectivity index (χ1n) is 9.40. The molecule has 178 valence electrons. The summed E-state index contributed by atoms with van der Waals surface area (Å²) in [7, 11) is 0. The van der Waals surface area contributed by atoms with Gasteiger partial charge in [-0.25, -0.2) is 4.79 Å². The zero-order chi connectivity index (χ0) is 24.1. The number of thioether (sulfide) groups is 1. The molecule has 14 heteroatoms. The Morgan fingerprint density at radius 3 is 1.87 bits per heavy atom. The van der Waals surface area contributed by atoms with E-state index in [4.69, 9.17) is 16.6 Å². The van der Waals surface area contributed by atoms with Crippen LogP contribution in [0.5, 0.6) is 0 Å². The highest BCUT2D eigenvalue weighted by Gasteiger charge is 2.30. The van der Waals surface area contributed by atoms with E-state index in [2.05, 4.69) is 28.6 Å². The molecular weight excluding hydrogens is 450 g/mol. The third kappa shape index (κ3) is 11.2. The molecule has 0 bridgehead atoms. The number of carboxylic acid groups (broad SMARTS) is 1. The van der Waals surface area contributed by atoms with Crippen molar-refractivity contribution in [3.05, 3.63) is 0 Å². The van der Waals surface area contributed by atoms with Gasteiger partial charge in [0, 0.05) is 12.2 Å². The Bertz CT molecular complexity index is 650. The van der Waals surface area contributed by atoms with Crippen LogP contribution in [0.1, 0.15) is 26.2 Å². The summed E-state index contributed by atoms with van der Waals surface area (Å²) in [5.41, 5.74) is 10.7. The molecule has 0 aromatic rings. The molecule has 0 rings (SSSR count). The van der Waals surface area contributed by atoms with Crippen molar-refractivity contribution in [2.24, 2.45) is 11.5 Å². The molecule has 0 spiro atoms. The fourth-order valence-electron chi connectivity index (χ4n) is 2.28. The number of primary amides is 1. The number of nitrogens with two attached hydrogens (primary N) is 2. The average Bonchev–Trinajstić information content (AvgIpc) is 2.70. The molecule has 0 aliphatic carbocycles. The Morgan fingerprint density at radius 2 is 1.45 bits per heavy atom. The molecule has 9 N–H and O–H groups in total. The molecule has 0 aromatic heterocycles. The minimum atomic E-state index is -1.31. The van der Waals surface area contributed by atoms with E-state index >= 15 is 0 Å². The largest absolute Gasteiger partial charge is 0.480 e. The number of aliphatic carboxylic acids is 1. The molecule has 0 aromatic carbocycles. The van der Waals surface area contributed by atoms with Gasteiger partial charge < -0.3 is 37.6 Å². The summed E-state index contributed by atoms with van der Waals surface area (Å²) in [4.78, 5) is 59.7. The molecule has 31 heavy (non-hydrogen) atoms. The van der Waals surface area contributed by atoms with Crippen molar-refractivity contribution >= 4 is 54.0 Å². The van der Waals surface area contributed by atoms with Crippen LogP contribution < -0.4 is 27.4 Å². The van der Waals surface area contributed by atoms with E-state index in [1.54, 1.807) is 6.26 Å². The molecule has 0 saturated heterocycles. The first-order chi connectivity index (χ1) is 14.4. The van der Waals surface area contributed by atoms with Crippen LogP contribution in [0, 0.1) is 0 Å². The Balaban J connectivity index is 5.43. The van der Waals surface area contributed by atoms with E-state index < -0.39 is 59.9 Å². The van der Waals surface area contributed by atoms with E-state index in [0.29, 0.717) is 5.75 Å². The van der Waals surface area contributed by atoms with Gasteiger partial charge in [-0.05, 0) is 31.8 Å². The monoisotopic (exact) mass is 481 g/mol. The number of carbonyl (C=O) groups excluding carboxylic acids is 4. The number of amides is 4. The van der Waals surface area contributed by atoms with Gasteiger partial charge in [0.05, 0.1) is 6.10 Å². The summed E-state index contributed by atoms with van der Waals surface area (Å²) in [6.45, 7) is 1.30. The van der Waals surface area contributed by atoms with Gasteiger partial charge in [-0.15, -0.1) is 0 Å². The van der Waals surface area contributed by atoms with Crippen LogP contribution in [0.25, 0.3) is 0 Å². The van der Waals surface area contributed by atoms with E-state index in [9.17, 15) is 29.1 Å². The Kier molecular flexibility index (Phi) is 13.9. The van der Waals surface area contributed by atoms with Gasteiger partial charge in [0.1, 0.15) is 24.2 Å². The average molecular weight is 482 g/mol. The molecule has 0 heterocycles. The van der Waals surface area contributed by atoms with Crippen molar-refractivity contribution in [1.82, 2.24) is 16.0 Å². The maximum Gasteiger partial charge on any atom is 0.327 e. The van der Waals surface area contributed by atoms with Gasteiger partial charge in [-0.3, -0.25) is 19.2 Å². The van der Waals surface area contributed by atoms with Crippen LogP contribution in [-0.4, -0.2) is 87.8 Å². The number of nitrogens with one attached hydrogen (secondary N) is 3. The lowest BCUT2D eigenvalue weighted by Crippen LogP contribution is -2.58. The Labute approximate surface area is 190 Å². The molecule has 0 radical (unpaired) electrons. The number of hydrogen-bond donors (Lipinski definition) is 8. The van der Waals surface area contributed by atoms with E-state index in [-0.39, 0.29) is 25.0 Å². The molecule has 5 unspecified atom stereocenters. The lowest BCUT2D eigenvalue weighted by molar-refractivity contribution is -0.141. The van der Waals surface area contributed by atoms with Crippen molar-refractivity contribution in [3.63, 3.8) is 0 Å². The second-order valence-corrected chi connectivity index (χ2v) is 8.11. The smallest absolute Gasteiger partial charge is 0.327 e. The number of carbonyl (C=O) groups is 5. The summed E-state index contributed by atoms with van der Waals surface area (Å²) in [6.07, 6.45) is 0.392. The molecule has 0 fully saturated rings. The lowest BCUT2D eigenvalue weighted by Gasteiger charge is -2.25. The zero-order valence-electron chi connectivity index (χ0n) is 17.4. The maximum absolute atomic E-state index is 12.8. The van der Waals surface area contributed by atoms with Crippen molar-refractivity contribution in [2.45, 2.75) is 56.5 Å². The van der Waals surface area contributed by atoms with Gasteiger partial charge in [0.2, 0.25) is 23.6 Å².